The van der Waals surface area contributed by atoms with Gasteiger partial charge in [0.2, 0.25) is 0 Å². The average molecular weight is 353 g/mol. The SMILES string of the molecule is COCc1noc(C2(NC(=O)c3ncccc3Cl)CCOCC2)n1. The Bertz CT molecular complexity index is 715. The first-order valence-electron chi connectivity index (χ1n) is 7.47. The molecule has 0 spiro atoms. The van der Waals surface area contributed by atoms with Gasteiger partial charge in [-0.15, -0.1) is 0 Å². The lowest BCUT2D eigenvalue weighted by Gasteiger charge is -2.34. The van der Waals surface area contributed by atoms with Crippen LogP contribution in [0.5, 0.6) is 0 Å². The van der Waals surface area contributed by atoms with Crippen LogP contribution >= 0.6 is 11.6 Å². The maximum Gasteiger partial charge on any atom is 0.272 e. The lowest BCUT2D eigenvalue weighted by atomic mass is 9.89. The van der Waals surface area contributed by atoms with E-state index in [1.165, 1.54) is 6.20 Å². The maximum atomic E-state index is 12.6. The van der Waals surface area contributed by atoms with Crippen molar-refractivity contribution in [1.29, 1.82) is 0 Å². The highest BCUT2D eigenvalue weighted by atomic mass is 35.5. The van der Waals surface area contributed by atoms with E-state index < -0.39 is 11.4 Å². The summed E-state index contributed by atoms with van der Waals surface area (Å²) in [6.07, 6.45) is 2.54. The van der Waals surface area contributed by atoms with Gasteiger partial charge in [-0.3, -0.25) is 4.79 Å². The molecule has 1 fully saturated rings. The van der Waals surface area contributed by atoms with Gasteiger partial charge in [-0.1, -0.05) is 16.8 Å². The van der Waals surface area contributed by atoms with Gasteiger partial charge in [0, 0.05) is 39.4 Å². The van der Waals surface area contributed by atoms with Crippen LogP contribution in [0.25, 0.3) is 0 Å². The van der Waals surface area contributed by atoms with Crippen LogP contribution in [-0.4, -0.2) is 41.4 Å². The molecule has 1 amide bonds. The number of rotatable bonds is 5. The second-order valence-electron chi connectivity index (χ2n) is 5.43. The molecule has 9 heteroatoms. The summed E-state index contributed by atoms with van der Waals surface area (Å²) >= 11 is 6.06. The lowest BCUT2D eigenvalue weighted by molar-refractivity contribution is 0.0220. The fourth-order valence-corrected chi connectivity index (χ4v) is 2.78. The van der Waals surface area contributed by atoms with Gasteiger partial charge in [0.1, 0.15) is 17.8 Å². The number of carbonyl (C=O) groups is 1. The molecule has 1 aliphatic heterocycles. The van der Waals surface area contributed by atoms with Crippen LogP contribution in [0.1, 0.15) is 35.0 Å². The minimum Gasteiger partial charge on any atom is -0.381 e. The van der Waals surface area contributed by atoms with Gasteiger partial charge in [0.05, 0.1) is 5.02 Å². The highest BCUT2D eigenvalue weighted by molar-refractivity contribution is 6.33. The number of pyridine rings is 1. The molecule has 1 saturated heterocycles. The number of hydrogen-bond acceptors (Lipinski definition) is 7. The molecule has 0 bridgehead atoms. The van der Waals surface area contributed by atoms with Crippen molar-refractivity contribution in [3.05, 3.63) is 40.8 Å². The van der Waals surface area contributed by atoms with Crippen molar-refractivity contribution in [3.63, 3.8) is 0 Å². The molecule has 2 aromatic rings. The minimum absolute atomic E-state index is 0.154. The van der Waals surface area contributed by atoms with Crippen LogP contribution in [0, 0.1) is 0 Å². The first-order chi connectivity index (χ1) is 11.6. The normalized spacial score (nSPS) is 16.8. The van der Waals surface area contributed by atoms with Crippen LogP contribution in [0.2, 0.25) is 5.02 Å². The van der Waals surface area contributed by atoms with Crippen LogP contribution < -0.4 is 5.32 Å². The van der Waals surface area contributed by atoms with Crippen molar-refractivity contribution in [2.75, 3.05) is 20.3 Å². The summed E-state index contributed by atoms with van der Waals surface area (Å²) in [7, 11) is 1.55. The molecule has 0 aliphatic carbocycles. The maximum absolute atomic E-state index is 12.6. The molecule has 1 aliphatic rings. The van der Waals surface area contributed by atoms with Gasteiger partial charge in [0.15, 0.2) is 5.82 Å². The Hall–Kier alpha value is -2.03. The molecule has 3 rings (SSSR count). The lowest BCUT2D eigenvalue weighted by Crippen LogP contribution is -2.50. The average Bonchev–Trinajstić information content (AvgIpc) is 3.06. The van der Waals surface area contributed by atoms with Crippen molar-refractivity contribution in [1.82, 2.24) is 20.4 Å². The zero-order valence-corrected chi connectivity index (χ0v) is 13.9. The van der Waals surface area contributed by atoms with Crippen molar-refractivity contribution >= 4 is 17.5 Å². The Morgan fingerprint density at radius 2 is 2.25 bits per heavy atom. The number of methoxy groups -OCH3 is 1. The molecule has 128 valence electrons. The molecule has 0 atom stereocenters. The topological polar surface area (TPSA) is 99.4 Å². The molecule has 0 aromatic carbocycles. The van der Waals surface area contributed by atoms with Crippen molar-refractivity contribution in [2.45, 2.75) is 25.0 Å². The van der Waals surface area contributed by atoms with Gasteiger partial charge in [-0.05, 0) is 12.1 Å². The molecule has 3 heterocycles. The fraction of sp³-hybridized carbons (Fsp3) is 0.467. The predicted molar refractivity (Wildman–Crippen MR) is 83.5 cm³/mol. The summed E-state index contributed by atoms with van der Waals surface area (Å²) in [6, 6.07) is 3.28. The highest BCUT2D eigenvalue weighted by Crippen LogP contribution is 2.31. The van der Waals surface area contributed by atoms with Gasteiger partial charge in [-0.25, -0.2) is 4.98 Å². The number of nitrogens with one attached hydrogen (secondary N) is 1. The highest BCUT2D eigenvalue weighted by Gasteiger charge is 2.42. The second-order valence-corrected chi connectivity index (χ2v) is 5.84. The number of carbonyl (C=O) groups excluding carboxylic acids is 1. The Morgan fingerprint density at radius 1 is 1.46 bits per heavy atom. The van der Waals surface area contributed by atoms with E-state index in [0.29, 0.717) is 37.8 Å². The van der Waals surface area contributed by atoms with Crippen LogP contribution in [0.3, 0.4) is 0 Å². The first kappa shape index (κ1) is 16.8. The molecule has 8 nitrogen and oxygen atoms in total. The Labute approximate surface area is 143 Å². The number of amides is 1. The Kier molecular flexibility index (Phi) is 5.08. The Balaban J connectivity index is 1.88. The van der Waals surface area contributed by atoms with E-state index in [0.717, 1.165) is 0 Å². The molecule has 1 N–H and O–H groups in total. The van der Waals surface area contributed by atoms with Crippen LogP contribution in [-0.2, 0) is 21.6 Å². The fourth-order valence-electron chi connectivity index (χ4n) is 2.58. The number of ether oxygens (including phenoxy) is 2. The summed E-state index contributed by atoms with van der Waals surface area (Å²) in [6.45, 7) is 1.17. The molecule has 24 heavy (non-hydrogen) atoms. The molecule has 0 unspecified atom stereocenters. The number of aromatic nitrogens is 3. The molecular weight excluding hydrogens is 336 g/mol. The molecular formula is C15H17ClN4O4. The van der Waals surface area contributed by atoms with Gasteiger partial charge in [0.25, 0.3) is 11.8 Å². The van der Waals surface area contributed by atoms with Crippen LogP contribution in [0.15, 0.2) is 22.9 Å². The summed E-state index contributed by atoms with van der Waals surface area (Å²) in [5.41, 5.74) is -0.656. The summed E-state index contributed by atoms with van der Waals surface area (Å²) in [5, 5.41) is 7.12. The van der Waals surface area contributed by atoms with Crippen molar-refractivity contribution in [3.8, 4) is 0 Å². The third kappa shape index (κ3) is 3.40. The second kappa shape index (κ2) is 7.25. The standard InChI is InChI=1S/C15H17ClN4O4/c1-22-9-11-18-14(24-20-11)15(4-7-23-8-5-15)19-13(21)12-10(16)3-2-6-17-12/h2-3,6H,4-5,7-9H2,1H3,(H,19,21). The van der Waals surface area contributed by atoms with E-state index in [9.17, 15) is 4.79 Å². The largest absolute Gasteiger partial charge is 0.381 e. The van der Waals surface area contributed by atoms with Crippen LogP contribution in [0.4, 0.5) is 0 Å². The summed E-state index contributed by atoms with van der Waals surface area (Å²) < 4.78 is 15.8. The van der Waals surface area contributed by atoms with Gasteiger partial charge >= 0.3 is 0 Å². The zero-order valence-electron chi connectivity index (χ0n) is 13.1. The number of nitrogens with zero attached hydrogens (tertiary/aromatic N) is 3. The van der Waals surface area contributed by atoms with Gasteiger partial charge in [-0.2, -0.15) is 4.98 Å². The van der Waals surface area contributed by atoms with Crippen molar-refractivity contribution < 1.29 is 18.8 Å². The van der Waals surface area contributed by atoms with E-state index >= 15 is 0 Å². The monoisotopic (exact) mass is 352 g/mol. The third-order valence-electron chi connectivity index (χ3n) is 3.82. The first-order valence-corrected chi connectivity index (χ1v) is 7.85. The molecule has 0 saturated carbocycles. The minimum atomic E-state index is -0.810. The number of hydrogen-bond donors (Lipinski definition) is 1. The van der Waals surface area contributed by atoms with E-state index in [1.807, 2.05) is 0 Å². The third-order valence-corrected chi connectivity index (χ3v) is 4.13. The van der Waals surface area contributed by atoms with E-state index in [1.54, 1.807) is 19.2 Å². The van der Waals surface area contributed by atoms with E-state index in [-0.39, 0.29) is 17.3 Å². The van der Waals surface area contributed by atoms with E-state index in [2.05, 4.69) is 20.4 Å². The smallest absolute Gasteiger partial charge is 0.272 e. The van der Waals surface area contributed by atoms with Crippen molar-refractivity contribution in [2.24, 2.45) is 0 Å². The number of halogens is 1. The quantitative estimate of drug-likeness (QED) is 0.874. The summed E-state index contributed by atoms with van der Waals surface area (Å²) in [5.74, 6) is 0.357. The summed E-state index contributed by atoms with van der Waals surface area (Å²) in [4.78, 5) is 21.0. The predicted octanol–water partition coefficient (Wildman–Crippen LogP) is 1.70. The Morgan fingerprint density at radius 3 is 2.96 bits per heavy atom. The van der Waals surface area contributed by atoms with Gasteiger partial charge < -0.3 is 19.3 Å². The molecule has 0 radical (unpaired) electrons. The van der Waals surface area contributed by atoms with E-state index in [4.69, 9.17) is 25.6 Å². The molecule has 2 aromatic heterocycles. The zero-order chi connectivity index (χ0) is 17.0.